The summed E-state index contributed by atoms with van der Waals surface area (Å²) in [5, 5.41) is 5.71. The van der Waals surface area contributed by atoms with Crippen molar-refractivity contribution in [2.75, 3.05) is 33.2 Å². The summed E-state index contributed by atoms with van der Waals surface area (Å²) in [6, 6.07) is 13.1. The number of benzene rings is 2. The number of hydrogen-bond donors (Lipinski definition) is 2. The molecular weight excluding hydrogens is 332 g/mol. The first-order valence-corrected chi connectivity index (χ1v) is 8.31. The lowest BCUT2D eigenvalue weighted by Gasteiger charge is -2.25. The van der Waals surface area contributed by atoms with Gasteiger partial charge in [-0.2, -0.15) is 0 Å². The van der Waals surface area contributed by atoms with Gasteiger partial charge in [0.15, 0.2) is 11.5 Å². The van der Waals surface area contributed by atoms with Gasteiger partial charge in [-0.15, -0.1) is 0 Å². The SMILES string of the molecule is COc1cc(NC(=O)NCC(C)(C)c2ccccc2)cc(OC)c1OC. The lowest BCUT2D eigenvalue weighted by molar-refractivity contribution is 0.249. The Hall–Kier alpha value is -2.89. The van der Waals surface area contributed by atoms with Crippen LogP contribution in [0, 0.1) is 0 Å². The Morgan fingerprint density at radius 3 is 2.04 bits per heavy atom. The molecule has 2 amide bonds. The number of anilines is 1. The summed E-state index contributed by atoms with van der Waals surface area (Å²) >= 11 is 0. The van der Waals surface area contributed by atoms with Gasteiger partial charge in [0.25, 0.3) is 0 Å². The molecule has 6 nitrogen and oxygen atoms in total. The average molecular weight is 358 g/mol. The molecule has 2 aromatic rings. The van der Waals surface area contributed by atoms with Gasteiger partial charge >= 0.3 is 6.03 Å². The Morgan fingerprint density at radius 2 is 1.54 bits per heavy atom. The molecule has 0 saturated heterocycles. The predicted molar refractivity (Wildman–Crippen MR) is 103 cm³/mol. The third-order valence-corrected chi connectivity index (χ3v) is 4.17. The Balaban J connectivity index is 2.06. The van der Waals surface area contributed by atoms with Crippen LogP contribution in [0.25, 0.3) is 0 Å². The van der Waals surface area contributed by atoms with E-state index in [2.05, 4.69) is 36.6 Å². The van der Waals surface area contributed by atoms with Crippen molar-refractivity contribution in [2.24, 2.45) is 0 Å². The molecule has 0 radical (unpaired) electrons. The standard InChI is InChI=1S/C20H26N2O4/c1-20(2,14-9-7-6-8-10-14)13-21-19(23)22-15-11-16(24-3)18(26-5)17(12-15)25-4/h6-12H,13H2,1-5H3,(H2,21,22,23). The van der Waals surface area contributed by atoms with E-state index >= 15 is 0 Å². The molecule has 2 N–H and O–H groups in total. The van der Waals surface area contributed by atoms with Gasteiger partial charge in [-0.05, 0) is 5.56 Å². The van der Waals surface area contributed by atoms with E-state index in [0.717, 1.165) is 5.56 Å². The van der Waals surface area contributed by atoms with Gasteiger partial charge in [0.2, 0.25) is 5.75 Å². The van der Waals surface area contributed by atoms with Crippen molar-refractivity contribution >= 4 is 11.7 Å². The summed E-state index contributed by atoms with van der Waals surface area (Å²) in [6.45, 7) is 4.66. The number of carbonyl (C=O) groups is 1. The Morgan fingerprint density at radius 1 is 0.962 bits per heavy atom. The fourth-order valence-electron chi connectivity index (χ4n) is 2.62. The largest absolute Gasteiger partial charge is 0.493 e. The summed E-state index contributed by atoms with van der Waals surface area (Å²) < 4.78 is 15.9. The first-order valence-electron chi connectivity index (χ1n) is 8.31. The normalized spacial score (nSPS) is 10.8. The van der Waals surface area contributed by atoms with Crippen LogP contribution in [0.1, 0.15) is 19.4 Å². The molecule has 26 heavy (non-hydrogen) atoms. The van der Waals surface area contributed by atoms with E-state index in [9.17, 15) is 4.79 Å². The zero-order valence-electron chi connectivity index (χ0n) is 15.9. The van der Waals surface area contributed by atoms with E-state index in [1.165, 1.54) is 21.3 Å². The molecule has 0 bridgehead atoms. The number of carbonyl (C=O) groups excluding carboxylic acids is 1. The first-order chi connectivity index (χ1) is 12.4. The van der Waals surface area contributed by atoms with Crippen LogP contribution in [0.2, 0.25) is 0 Å². The lowest BCUT2D eigenvalue weighted by Crippen LogP contribution is -2.38. The summed E-state index contributed by atoms with van der Waals surface area (Å²) in [4.78, 5) is 12.3. The molecule has 0 aromatic heterocycles. The van der Waals surface area contributed by atoms with Gasteiger partial charge in [0.1, 0.15) is 0 Å². The van der Waals surface area contributed by atoms with Gasteiger partial charge in [-0.1, -0.05) is 44.2 Å². The molecule has 0 unspecified atom stereocenters. The van der Waals surface area contributed by atoms with Crippen molar-refractivity contribution in [3.8, 4) is 17.2 Å². The predicted octanol–water partition coefficient (Wildman–Crippen LogP) is 3.81. The highest BCUT2D eigenvalue weighted by Crippen LogP contribution is 2.39. The van der Waals surface area contributed by atoms with Crippen LogP contribution in [-0.2, 0) is 5.41 Å². The molecule has 0 atom stereocenters. The second kappa shape index (κ2) is 8.47. The molecule has 2 rings (SSSR count). The highest BCUT2D eigenvalue weighted by molar-refractivity contribution is 5.90. The second-order valence-electron chi connectivity index (χ2n) is 6.47. The van der Waals surface area contributed by atoms with Gasteiger partial charge in [0.05, 0.1) is 27.0 Å². The zero-order chi connectivity index (χ0) is 19.2. The molecule has 0 fully saturated rings. The van der Waals surface area contributed by atoms with Crippen LogP contribution in [0.5, 0.6) is 17.2 Å². The van der Waals surface area contributed by atoms with E-state index in [1.807, 2.05) is 18.2 Å². The summed E-state index contributed by atoms with van der Waals surface area (Å²) in [7, 11) is 4.60. The van der Waals surface area contributed by atoms with E-state index < -0.39 is 0 Å². The summed E-state index contributed by atoms with van der Waals surface area (Å²) in [5.74, 6) is 1.43. The maximum absolute atomic E-state index is 12.3. The van der Waals surface area contributed by atoms with Gasteiger partial charge < -0.3 is 24.8 Å². The fraction of sp³-hybridized carbons (Fsp3) is 0.350. The minimum atomic E-state index is -0.303. The maximum atomic E-state index is 12.3. The zero-order valence-corrected chi connectivity index (χ0v) is 15.9. The highest BCUT2D eigenvalue weighted by atomic mass is 16.5. The number of hydrogen-bond acceptors (Lipinski definition) is 4. The maximum Gasteiger partial charge on any atom is 0.319 e. The minimum Gasteiger partial charge on any atom is -0.493 e. The van der Waals surface area contributed by atoms with Crippen molar-refractivity contribution in [3.05, 3.63) is 48.0 Å². The second-order valence-corrected chi connectivity index (χ2v) is 6.47. The molecular formula is C20H26N2O4. The highest BCUT2D eigenvalue weighted by Gasteiger charge is 2.21. The van der Waals surface area contributed by atoms with E-state index in [-0.39, 0.29) is 11.4 Å². The summed E-state index contributed by atoms with van der Waals surface area (Å²) in [6.07, 6.45) is 0. The van der Waals surface area contributed by atoms with E-state index in [1.54, 1.807) is 12.1 Å². The quantitative estimate of drug-likeness (QED) is 0.790. The average Bonchev–Trinajstić information content (AvgIpc) is 2.66. The minimum absolute atomic E-state index is 0.187. The van der Waals surface area contributed by atoms with Crippen LogP contribution < -0.4 is 24.8 Å². The van der Waals surface area contributed by atoms with Crippen molar-refractivity contribution in [2.45, 2.75) is 19.3 Å². The molecule has 2 aromatic carbocycles. The number of urea groups is 1. The molecule has 6 heteroatoms. The third kappa shape index (κ3) is 4.59. The van der Waals surface area contributed by atoms with Crippen molar-refractivity contribution in [1.29, 1.82) is 0 Å². The number of rotatable bonds is 7. The number of amides is 2. The Labute approximate surface area is 154 Å². The van der Waals surface area contributed by atoms with E-state index in [0.29, 0.717) is 29.5 Å². The van der Waals surface area contributed by atoms with Gasteiger partial charge in [0, 0.05) is 24.1 Å². The molecule has 0 aliphatic heterocycles. The van der Waals surface area contributed by atoms with E-state index in [4.69, 9.17) is 14.2 Å². The van der Waals surface area contributed by atoms with Crippen molar-refractivity contribution < 1.29 is 19.0 Å². The number of methoxy groups -OCH3 is 3. The monoisotopic (exact) mass is 358 g/mol. The van der Waals surface area contributed by atoms with Crippen LogP contribution in [0.4, 0.5) is 10.5 Å². The smallest absolute Gasteiger partial charge is 0.319 e. The summed E-state index contributed by atoms with van der Waals surface area (Å²) in [5.41, 5.74) is 1.52. The number of nitrogens with one attached hydrogen (secondary N) is 2. The van der Waals surface area contributed by atoms with Crippen LogP contribution in [0.3, 0.4) is 0 Å². The lowest BCUT2D eigenvalue weighted by atomic mass is 9.85. The molecule has 0 heterocycles. The fourth-order valence-corrected chi connectivity index (χ4v) is 2.62. The van der Waals surface area contributed by atoms with Gasteiger partial charge in [-0.25, -0.2) is 4.79 Å². The van der Waals surface area contributed by atoms with Crippen molar-refractivity contribution in [3.63, 3.8) is 0 Å². The number of ether oxygens (including phenoxy) is 3. The topological polar surface area (TPSA) is 68.8 Å². The molecule has 0 aliphatic carbocycles. The molecule has 0 saturated carbocycles. The van der Waals surface area contributed by atoms with Crippen LogP contribution in [-0.4, -0.2) is 33.9 Å². The van der Waals surface area contributed by atoms with Gasteiger partial charge in [-0.3, -0.25) is 0 Å². The van der Waals surface area contributed by atoms with Crippen molar-refractivity contribution in [1.82, 2.24) is 5.32 Å². The molecule has 0 spiro atoms. The Kier molecular flexibility index (Phi) is 6.33. The van der Waals surface area contributed by atoms with Crippen LogP contribution >= 0.6 is 0 Å². The Bertz CT molecular complexity index is 720. The molecule has 0 aliphatic rings. The van der Waals surface area contributed by atoms with Crippen LogP contribution in [0.15, 0.2) is 42.5 Å². The first kappa shape index (κ1) is 19.4. The molecule has 140 valence electrons. The third-order valence-electron chi connectivity index (χ3n) is 4.17.